The van der Waals surface area contributed by atoms with Gasteiger partial charge in [-0.25, -0.2) is 4.98 Å². The Morgan fingerprint density at radius 1 is 1.55 bits per heavy atom. The summed E-state index contributed by atoms with van der Waals surface area (Å²) in [6, 6.07) is 7.53. The Morgan fingerprint density at radius 3 is 2.85 bits per heavy atom. The fourth-order valence-electron chi connectivity index (χ4n) is 1.97. The lowest BCUT2D eigenvalue weighted by Gasteiger charge is -2.01. The molecule has 0 bridgehead atoms. The third-order valence-electron chi connectivity index (χ3n) is 2.91. The van der Waals surface area contributed by atoms with Gasteiger partial charge in [-0.05, 0) is 12.0 Å². The topological polar surface area (TPSA) is 56.0 Å². The van der Waals surface area contributed by atoms with E-state index in [1.807, 2.05) is 0 Å². The van der Waals surface area contributed by atoms with Gasteiger partial charge in [0.2, 0.25) is 0 Å². The van der Waals surface area contributed by atoms with Crippen molar-refractivity contribution in [2.75, 3.05) is 0 Å². The molecule has 0 saturated heterocycles. The van der Waals surface area contributed by atoms with Crippen molar-refractivity contribution in [3.8, 4) is 0 Å². The van der Waals surface area contributed by atoms with Gasteiger partial charge in [0.25, 0.3) is 5.69 Å². The Kier molecular flexibility index (Phi) is 4.73. The normalized spacial score (nSPS) is 11.0. The van der Waals surface area contributed by atoms with E-state index >= 15 is 0 Å². The molecule has 0 unspecified atom stereocenters. The minimum atomic E-state index is -0.384. The number of nitro groups is 1. The van der Waals surface area contributed by atoms with Crippen LogP contribution in [0, 0.1) is 16.2 Å². The lowest BCUT2D eigenvalue weighted by atomic mass is 10.1. The van der Waals surface area contributed by atoms with Gasteiger partial charge in [0, 0.05) is 22.9 Å². The number of benzene rings is 1. The molecule has 0 aliphatic rings. The van der Waals surface area contributed by atoms with Gasteiger partial charge < -0.3 is 0 Å². The summed E-state index contributed by atoms with van der Waals surface area (Å²) in [5.41, 5.74) is 1.73. The summed E-state index contributed by atoms with van der Waals surface area (Å²) in [4.78, 5) is 16.2. The predicted molar refractivity (Wildman–Crippen MR) is 80.5 cm³/mol. The third-order valence-corrected chi connectivity index (χ3v) is 4.41. The molecule has 2 aromatic rings. The first-order chi connectivity index (χ1) is 9.52. The zero-order valence-electron chi connectivity index (χ0n) is 11.2. The van der Waals surface area contributed by atoms with Crippen LogP contribution in [0.5, 0.6) is 0 Å². The average Bonchev–Trinajstić information content (AvgIpc) is 2.82. The molecule has 1 aromatic carbocycles. The molecule has 1 aromatic heterocycles. The predicted octanol–water partition coefficient (Wildman–Crippen LogP) is 4.30. The molecular weight excluding hydrogens is 296 g/mol. The van der Waals surface area contributed by atoms with Gasteiger partial charge >= 0.3 is 0 Å². The Hall–Kier alpha value is -1.46. The highest BCUT2D eigenvalue weighted by molar-refractivity contribution is 7.12. The molecule has 1 heterocycles. The maximum atomic E-state index is 11.0. The number of nitrogens with zero attached hydrogens (tertiary/aromatic N) is 2. The van der Waals surface area contributed by atoms with Crippen molar-refractivity contribution in [2.24, 2.45) is 0 Å². The average molecular weight is 310 g/mol. The largest absolute Gasteiger partial charge is 0.273 e. The van der Waals surface area contributed by atoms with E-state index in [2.05, 4.69) is 24.9 Å². The number of aromatic nitrogens is 1. The lowest BCUT2D eigenvalue weighted by Crippen LogP contribution is -1.97. The van der Waals surface area contributed by atoms with Gasteiger partial charge in [0.05, 0.1) is 21.5 Å². The maximum Gasteiger partial charge on any atom is 0.273 e. The highest BCUT2D eigenvalue weighted by atomic mass is 35.5. The van der Waals surface area contributed by atoms with Crippen molar-refractivity contribution >= 4 is 28.6 Å². The van der Waals surface area contributed by atoms with Gasteiger partial charge in [-0.1, -0.05) is 26.0 Å². The third kappa shape index (κ3) is 3.16. The monoisotopic (exact) mass is 309 g/mol. The van der Waals surface area contributed by atoms with Crippen LogP contribution < -0.4 is 0 Å². The lowest BCUT2D eigenvalue weighted by molar-refractivity contribution is -0.385. The SMILES string of the molecule is CC(C)c1nc(Cc2cc[c]cc2[N+](=O)[O-])sc1CCl. The van der Waals surface area contributed by atoms with E-state index in [-0.39, 0.29) is 10.6 Å². The number of nitro benzene ring substituents is 1. The molecule has 4 nitrogen and oxygen atoms in total. The Labute approximate surface area is 126 Å². The number of thiazole rings is 1. The molecule has 0 saturated carbocycles. The van der Waals surface area contributed by atoms with Crippen molar-refractivity contribution < 1.29 is 4.92 Å². The Balaban J connectivity index is 2.33. The second-order valence-corrected chi connectivity index (χ2v) is 6.13. The summed E-state index contributed by atoms with van der Waals surface area (Å²) in [6.07, 6.45) is 0.451. The smallest absolute Gasteiger partial charge is 0.258 e. The summed E-state index contributed by atoms with van der Waals surface area (Å²) in [5, 5.41) is 11.9. The Morgan fingerprint density at radius 2 is 2.30 bits per heavy atom. The molecule has 0 atom stereocenters. The van der Waals surface area contributed by atoms with E-state index in [0.29, 0.717) is 23.8 Å². The summed E-state index contributed by atoms with van der Waals surface area (Å²) in [6.45, 7) is 4.13. The van der Waals surface area contributed by atoms with Gasteiger partial charge in [0.15, 0.2) is 0 Å². The number of rotatable bonds is 5. The van der Waals surface area contributed by atoms with Crippen LogP contribution in [0.15, 0.2) is 18.2 Å². The summed E-state index contributed by atoms with van der Waals surface area (Å²) in [5.74, 6) is 0.725. The molecular formula is C14H14ClN2O2S. The van der Waals surface area contributed by atoms with Gasteiger partial charge in [-0.2, -0.15) is 0 Å². The zero-order chi connectivity index (χ0) is 14.7. The van der Waals surface area contributed by atoms with Crippen LogP contribution in [0.4, 0.5) is 5.69 Å². The van der Waals surface area contributed by atoms with Crippen LogP contribution >= 0.6 is 22.9 Å². The second-order valence-electron chi connectivity index (χ2n) is 4.69. The van der Waals surface area contributed by atoms with E-state index in [0.717, 1.165) is 15.6 Å². The second kappa shape index (κ2) is 6.33. The van der Waals surface area contributed by atoms with Gasteiger partial charge in [-0.15, -0.1) is 22.9 Å². The minimum Gasteiger partial charge on any atom is -0.258 e. The number of hydrogen-bond acceptors (Lipinski definition) is 4. The molecule has 0 spiro atoms. The molecule has 2 rings (SSSR count). The van der Waals surface area contributed by atoms with Crippen LogP contribution in [-0.4, -0.2) is 9.91 Å². The van der Waals surface area contributed by atoms with Crippen LogP contribution in [-0.2, 0) is 12.3 Å². The van der Waals surface area contributed by atoms with Crippen molar-refractivity contribution in [2.45, 2.75) is 32.1 Å². The van der Waals surface area contributed by atoms with E-state index in [1.165, 1.54) is 17.4 Å². The molecule has 20 heavy (non-hydrogen) atoms. The molecule has 0 aliphatic heterocycles. The van der Waals surface area contributed by atoms with E-state index in [4.69, 9.17) is 11.6 Å². The molecule has 0 fully saturated rings. The van der Waals surface area contributed by atoms with Gasteiger partial charge in [0.1, 0.15) is 0 Å². The first-order valence-corrected chi connectivity index (χ1v) is 7.55. The minimum absolute atomic E-state index is 0.0845. The van der Waals surface area contributed by atoms with E-state index < -0.39 is 0 Å². The molecule has 0 amide bonds. The summed E-state index contributed by atoms with van der Waals surface area (Å²) >= 11 is 7.46. The molecule has 105 valence electrons. The van der Waals surface area contributed by atoms with Crippen LogP contribution in [0.3, 0.4) is 0 Å². The fourth-order valence-corrected chi connectivity index (χ4v) is 3.37. The number of alkyl halides is 1. The van der Waals surface area contributed by atoms with Crippen LogP contribution in [0.2, 0.25) is 0 Å². The van der Waals surface area contributed by atoms with Crippen molar-refractivity contribution in [3.63, 3.8) is 0 Å². The first kappa shape index (κ1) is 14.9. The summed E-state index contributed by atoms with van der Waals surface area (Å²) in [7, 11) is 0. The standard InChI is InChI=1S/C14H14ClN2O2S/c1-9(2)14-12(8-15)20-13(16-14)7-10-5-3-4-6-11(10)17(18)19/h3,5-6,9H,7-8H2,1-2H3. The van der Waals surface area contributed by atoms with Crippen molar-refractivity contribution in [1.82, 2.24) is 4.98 Å². The highest BCUT2D eigenvalue weighted by Gasteiger charge is 2.17. The molecule has 6 heteroatoms. The van der Waals surface area contributed by atoms with Crippen LogP contribution in [0.1, 0.15) is 40.9 Å². The number of halogens is 1. The molecule has 0 N–H and O–H groups in total. The van der Waals surface area contributed by atoms with Gasteiger partial charge in [-0.3, -0.25) is 10.1 Å². The van der Waals surface area contributed by atoms with E-state index in [9.17, 15) is 10.1 Å². The first-order valence-electron chi connectivity index (χ1n) is 6.20. The highest BCUT2D eigenvalue weighted by Crippen LogP contribution is 2.29. The van der Waals surface area contributed by atoms with Crippen molar-refractivity contribution in [1.29, 1.82) is 0 Å². The summed E-state index contributed by atoms with van der Waals surface area (Å²) < 4.78 is 0. The molecule has 0 aliphatic carbocycles. The molecule has 1 radical (unpaired) electrons. The quantitative estimate of drug-likeness (QED) is 0.470. The maximum absolute atomic E-state index is 11.0. The van der Waals surface area contributed by atoms with Crippen molar-refractivity contribution in [3.05, 3.63) is 55.5 Å². The Bertz CT molecular complexity index is 625. The zero-order valence-corrected chi connectivity index (χ0v) is 12.8. The fraction of sp³-hybridized carbons (Fsp3) is 0.357. The van der Waals surface area contributed by atoms with E-state index in [1.54, 1.807) is 12.1 Å². The van der Waals surface area contributed by atoms with Crippen LogP contribution in [0.25, 0.3) is 0 Å². The number of hydrogen-bond donors (Lipinski definition) is 0.